The molecule has 3 aromatic carbocycles. The Morgan fingerprint density at radius 1 is 0.969 bits per heavy atom. The first-order valence-electron chi connectivity index (χ1n) is 10.9. The van der Waals surface area contributed by atoms with Gasteiger partial charge in [-0.2, -0.15) is 0 Å². The van der Waals surface area contributed by atoms with Crippen molar-refractivity contribution in [3.05, 3.63) is 52.6 Å². The van der Waals surface area contributed by atoms with E-state index in [9.17, 15) is 4.79 Å². The van der Waals surface area contributed by atoms with Crippen molar-refractivity contribution in [2.45, 2.75) is 39.3 Å². The number of nitrogens with zero attached hydrogens (tertiary/aromatic N) is 1. The molecule has 0 N–H and O–H groups in total. The van der Waals surface area contributed by atoms with Gasteiger partial charge >= 0.3 is 0 Å². The van der Waals surface area contributed by atoms with Gasteiger partial charge in [0, 0.05) is 23.2 Å². The third-order valence-corrected chi connectivity index (χ3v) is 6.93. The largest absolute Gasteiger partial charge is 0.496 e. The molecular formula is C27H31NO4. The number of methoxy groups -OCH3 is 3. The summed E-state index contributed by atoms with van der Waals surface area (Å²) in [6.07, 6.45) is 1.87. The average Bonchev–Trinajstić information content (AvgIpc) is 2.80. The second-order valence-corrected chi connectivity index (χ2v) is 8.66. The fourth-order valence-electron chi connectivity index (χ4n) is 5.12. The van der Waals surface area contributed by atoms with E-state index in [-0.39, 0.29) is 6.04 Å². The SMILES string of the molecule is COc1cc2c(c(C=O)c1-c1ccc(OC)c3c(OC)cc(C)cc13)[C@@H](C)N(C)[C@@H](C)C2. The minimum absolute atomic E-state index is 0.124. The number of aryl methyl sites for hydroxylation is 1. The molecule has 0 fully saturated rings. The summed E-state index contributed by atoms with van der Waals surface area (Å²) in [5, 5.41) is 1.85. The highest BCUT2D eigenvalue weighted by atomic mass is 16.5. The van der Waals surface area contributed by atoms with Gasteiger partial charge in [-0.1, -0.05) is 6.07 Å². The normalized spacial score (nSPS) is 18.3. The van der Waals surface area contributed by atoms with Crippen LogP contribution in [0, 0.1) is 6.92 Å². The number of benzene rings is 3. The fourth-order valence-corrected chi connectivity index (χ4v) is 5.12. The third kappa shape index (κ3) is 3.32. The first kappa shape index (κ1) is 22.2. The quantitative estimate of drug-likeness (QED) is 0.491. The highest BCUT2D eigenvalue weighted by molar-refractivity contribution is 6.08. The molecule has 0 amide bonds. The average molecular weight is 434 g/mol. The Bertz CT molecular complexity index is 1200. The van der Waals surface area contributed by atoms with E-state index in [2.05, 4.69) is 37.9 Å². The van der Waals surface area contributed by atoms with Crippen LogP contribution in [-0.4, -0.2) is 45.6 Å². The number of aldehydes is 1. The molecule has 2 atom stereocenters. The molecule has 32 heavy (non-hydrogen) atoms. The molecule has 0 unspecified atom stereocenters. The lowest BCUT2D eigenvalue weighted by Crippen LogP contribution is -2.38. The molecule has 1 heterocycles. The minimum atomic E-state index is 0.124. The monoisotopic (exact) mass is 433 g/mol. The Balaban J connectivity index is 2.13. The maximum Gasteiger partial charge on any atom is 0.151 e. The van der Waals surface area contributed by atoms with Gasteiger partial charge in [-0.3, -0.25) is 9.69 Å². The van der Waals surface area contributed by atoms with E-state index in [0.717, 1.165) is 57.2 Å². The van der Waals surface area contributed by atoms with E-state index < -0.39 is 0 Å². The molecule has 1 aliphatic rings. The summed E-state index contributed by atoms with van der Waals surface area (Å²) in [5.74, 6) is 2.18. The number of rotatable bonds is 5. The molecule has 168 valence electrons. The van der Waals surface area contributed by atoms with Gasteiger partial charge in [0.25, 0.3) is 0 Å². The van der Waals surface area contributed by atoms with Crippen molar-refractivity contribution in [2.24, 2.45) is 0 Å². The van der Waals surface area contributed by atoms with E-state index in [1.54, 1.807) is 21.3 Å². The van der Waals surface area contributed by atoms with Gasteiger partial charge in [-0.05, 0) is 86.1 Å². The Labute approximate surface area is 189 Å². The second-order valence-electron chi connectivity index (χ2n) is 8.66. The van der Waals surface area contributed by atoms with Crippen molar-refractivity contribution in [2.75, 3.05) is 28.4 Å². The van der Waals surface area contributed by atoms with Crippen molar-refractivity contribution in [3.8, 4) is 28.4 Å². The number of carbonyl (C=O) groups excluding carboxylic acids is 1. The van der Waals surface area contributed by atoms with Gasteiger partial charge in [-0.25, -0.2) is 0 Å². The maximum atomic E-state index is 12.6. The standard InChI is InChI=1S/C27H31NO4/c1-15-10-20-19(8-9-22(30-5)27(20)23(11-15)31-6)26-21(14-29)25-17(3)28(4)16(2)12-18(25)13-24(26)32-7/h8-11,13-14,16-17H,12H2,1-7H3/t16-,17+/m0/s1. The van der Waals surface area contributed by atoms with Crippen molar-refractivity contribution < 1.29 is 19.0 Å². The molecule has 5 heteroatoms. The highest BCUT2D eigenvalue weighted by Crippen LogP contribution is 2.47. The molecule has 0 bridgehead atoms. The molecule has 0 aliphatic carbocycles. The summed E-state index contributed by atoms with van der Waals surface area (Å²) in [7, 11) is 7.10. The zero-order valence-corrected chi connectivity index (χ0v) is 19.9. The molecule has 0 saturated carbocycles. The zero-order chi connectivity index (χ0) is 23.2. The first-order valence-corrected chi connectivity index (χ1v) is 10.9. The van der Waals surface area contributed by atoms with Crippen LogP contribution in [0.2, 0.25) is 0 Å². The number of hydrogen-bond acceptors (Lipinski definition) is 5. The maximum absolute atomic E-state index is 12.6. The van der Waals surface area contributed by atoms with Gasteiger partial charge in [0.05, 0.1) is 26.7 Å². The third-order valence-electron chi connectivity index (χ3n) is 6.93. The number of fused-ring (bicyclic) bond motifs is 2. The van der Waals surface area contributed by atoms with E-state index in [0.29, 0.717) is 17.4 Å². The first-order chi connectivity index (χ1) is 15.4. The Morgan fingerprint density at radius 2 is 1.66 bits per heavy atom. The number of hydrogen-bond donors (Lipinski definition) is 0. The lowest BCUT2D eigenvalue weighted by molar-refractivity contribution is 0.111. The van der Waals surface area contributed by atoms with Crippen molar-refractivity contribution >= 4 is 17.1 Å². The lowest BCUT2D eigenvalue weighted by atomic mass is 9.82. The van der Waals surface area contributed by atoms with Crippen LogP contribution in [0.4, 0.5) is 0 Å². The van der Waals surface area contributed by atoms with Crippen LogP contribution in [0.15, 0.2) is 30.3 Å². The van der Waals surface area contributed by atoms with Crippen molar-refractivity contribution in [1.29, 1.82) is 0 Å². The van der Waals surface area contributed by atoms with E-state index >= 15 is 0 Å². The highest BCUT2D eigenvalue weighted by Gasteiger charge is 2.32. The molecular weight excluding hydrogens is 402 g/mol. The van der Waals surface area contributed by atoms with Crippen LogP contribution < -0.4 is 14.2 Å². The van der Waals surface area contributed by atoms with Gasteiger partial charge in [0.15, 0.2) is 6.29 Å². The summed E-state index contributed by atoms with van der Waals surface area (Å²) >= 11 is 0. The number of carbonyl (C=O) groups is 1. The number of likely N-dealkylation sites (N-methyl/N-ethyl adjacent to an activating group) is 1. The van der Waals surface area contributed by atoms with Crippen molar-refractivity contribution in [1.82, 2.24) is 4.90 Å². The van der Waals surface area contributed by atoms with E-state index in [4.69, 9.17) is 14.2 Å². The smallest absolute Gasteiger partial charge is 0.151 e. The van der Waals surface area contributed by atoms with Crippen LogP contribution in [0.1, 0.15) is 46.9 Å². The Morgan fingerprint density at radius 3 is 2.28 bits per heavy atom. The predicted molar refractivity (Wildman–Crippen MR) is 129 cm³/mol. The summed E-state index contributed by atoms with van der Waals surface area (Å²) in [5.41, 5.74) is 5.76. The second kappa shape index (κ2) is 8.47. The predicted octanol–water partition coefficient (Wildman–Crippen LogP) is 5.59. The van der Waals surface area contributed by atoms with Crippen LogP contribution in [-0.2, 0) is 6.42 Å². The molecule has 0 saturated heterocycles. The Kier molecular flexibility index (Phi) is 5.87. The topological polar surface area (TPSA) is 48.0 Å². The molecule has 3 aromatic rings. The van der Waals surface area contributed by atoms with Gasteiger partial charge in [0.2, 0.25) is 0 Å². The zero-order valence-electron chi connectivity index (χ0n) is 19.9. The Hall–Kier alpha value is -3.05. The van der Waals surface area contributed by atoms with Crippen LogP contribution in [0.3, 0.4) is 0 Å². The number of ether oxygens (including phenoxy) is 3. The van der Waals surface area contributed by atoms with Crippen LogP contribution >= 0.6 is 0 Å². The summed E-state index contributed by atoms with van der Waals surface area (Å²) < 4.78 is 17.2. The lowest BCUT2D eigenvalue weighted by Gasteiger charge is -2.39. The van der Waals surface area contributed by atoms with Gasteiger partial charge in [-0.15, -0.1) is 0 Å². The molecule has 0 radical (unpaired) electrons. The fraction of sp³-hybridized carbons (Fsp3) is 0.370. The van der Waals surface area contributed by atoms with Crippen LogP contribution in [0.5, 0.6) is 17.2 Å². The molecule has 4 rings (SSSR count). The molecule has 0 aromatic heterocycles. The molecule has 1 aliphatic heterocycles. The minimum Gasteiger partial charge on any atom is -0.496 e. The summed E-state index contributed by atoms with van der Waals surface area (Å²) in [6.45, 7) is 6.41. The van der Waals surface area contributed by atoms with Crippen molar-refractivity contribution in [3.63, 3.8) is 0 Å². The van der Waals surface area contributed by atoms with Gasteiger partial charge in [0.1, 0.15) is 17.2 Å². The summed E-state index contributed by atoms with van der Waals surface area (Å²) in [4.78, 5) is 14.9. The molecule has 5 nitrogen and oxygen atoms in total. The van der Waals surface area contributed by atoms with Crippen LogP contribution in [0.25, 0.3) is 21.9 Å². The van der Waals surface area contributed by atoms with E-state index in [1.807, 2.05) is 25.1 Å². The van der Waals surface area contributed by atoms with E-state index in [1.165, 1.54) is 5.56 Å². The molecule has 0 spiro atoms. The van der Waals surface area contributed by atoms with Gasteiger partial charge < -0.3 is 14.2 Å². The summed E-state index contributed by atoms with van der Waals surface area (Å²) in [6, 6.07) is 10.7.